The minimum atomic E-state index is 0.289. The Kier molecular flexibility index (Phi) is 3.77. The van der Waals surface area contributed by atoms with E-state index in [2.05, 4.69) is 23.5 Å². The van der Waals surface area contributed by atoms with Crippen molar-refractivity contribution in [2.24, 2.45) is 0 Å². The summed E-state index contributed by atoms with van der Waals surface area (Å²) in [5.41, 5.74) is 2.30. The first-order valence-corrected chi connectivity index (χ1v) is 7.08. The van der Waals surface area contributed by atoms with E-state index in [1.54, 1.807) is 0 Å². The fraction of sp³-hybridized carbons (Fsp3) is 0.294. The molecule has 0 radical (unpaired) electrons. The lowest BCUT2D eigenvalue weighted by Crippen LogP contribution is -2.20. The molecule has 0 aliphatic carbocycles. The predicted octanol–water partition coefficient (Wildman–Crippen LogP) is 4.02. The number of nitrogens with one attached hydrogen (secondary N) is 1. The van der Waals surface area contributed by atoms with E-state index in [9.17, 15) is 0 Å². The van der Waals surface area contributed by atoms with Gasteiger partial charge in [-0.1, -0.05) is 24.3 Å². The Hall–Kier alpha value is -2.16. The number of anilines is 1. The maximum Gasteiger partial charge on any atom is 0.124 e. The maximum atomic E-state index is 5.69. The quantitative estimate of drug-likeness (QED) is 0.909. The van der Waals surface area contributed by atoms with E-state index >= 15 is 0 Å². The largest absolute Gasteiger partial charge is 0.494 e. The van der Waals surface area contributed by atoms with E-state index in [0.29, 0.717) is 6.61 Å². The molecule has 0 fully saturated rings. The highest BCUT2D eigenvalue weighted by atomic mass is 16.5. The van der Waals surface area contributed by atoms with Gasteiger partial charge in [0.25, 0.3) is 0 Å². The van der Waals surface area contributed by atoms with Crippen LogP contribution >= 0.6 is 0 Å². The Morgan fingerprint density at radius 2 is 2.10 bits per heavy atom. The molecule has 1 N–H and O–H groups in total. The third-order valence-corrected chi connectivity index (χ3v) is 3.44. The minimum absolute atomic E-state index is 0.289. The summed E-state index contributed by atoms with van der Waals surface area (Å²) in [4.78, 5) is 0. The summed E-state index contributed by atoms with van der Waals surface area (Å²) in [6.45, 7) is 3.43. The molecule has 0 aromatic heterocycles. The summed E-state index contributed by atoms with van der Waals surface area (Å²) < 4.78 is 11.2. The summed E-state index contributed by atoms with van der Waals surface area (Å²) in [7, 11) is 0. The molecule has 0 saturated heterocycles. The highest BCUT2D eigenvalue weighted by Crippen LogP contribution is 2.34. The second-order valence-electron chi connectivity index (χ2n) is 4.83. The van der Waals surface area contributed by atoms with Gasteiger partial charge in [-0.2, -0.15) is 0 Å². The molecule has 3 heteroatoms. The van der Waals surface area contributed by atoms with Gasteiger partial charge in [0.05, 0.1) is 19.3 Å². The van der Waals surface area contributed by atoms with Crippen molar-refractivity contribution in [1.29, 1.82) is 0 Å². The first-order valence-electron chi connectivity index (χ1n) is 7.08. The molecule has 2 aromatic rings. The van der Waals surface area contributed by atoms with Gasteiger partial charge in [-0.25, -0.2) is 0 Å². The summed E-state index contributed by atoms with van der Waals surface area (Å²) in [5, 5.41) is 3.58. The molecule has 1 aliphatic heterocycles. The van der Waals surface area contributed by atoms with Crippen molar-refractivity contribution in [3.8, 4) is 11.5 Å². The van der Waals surface area contributed by atoms with E-state index in [1.165, 1.54) is 5.56 Å². The Balaban J connectivity index is 1.80. The number of fused-ring (bicyclic) bond motifs is 1. The summed E-state index contributed by atoms with van der Waals surface area (Å²) >= 11 is 0. The molecule has 0 bridgehead atoms. The molecule has 2 aromatic carbocycles. The monoisotopic (exact) mass is 269 g/mol. The van der Waals surface area contributed by atoms with E-state index in [-0.39, 0.29) is 6.04 Å². The van der Waals surface area contributed by atoms with Crippen LogP contribution in [-0.4, -0.2) is 13.2 Å². The molecule has 0 spiro atoms. The number of para-hydroxylation sites is 1. The zero-order chi connectivity index (χ0) is 13.8. The number of ether oxygens (including phenoxy) is 2. The fourth-order valence-corrected chi connectivity index (χ4v) is 2.54. The summed E-state index contributed by atoms with van der Waals surface area (Å²) in [6.07, 6.45) is 0.968. The lowest BCUT2D eigenvalue weighted by Gasteiger charge is -2.27. The van der Waals surface area contributed by atoms with Gasteiger partial charge in [0.2, 0.25) is 0 Å². The van der Waals surface area contributed by atoms with Crippen molar-refractivity contribution in [1.82, 2.24) is 0 Å². The molecule has 104 valence electrons. The van der Waals surface area contributed by atoms with E-state index in [1.807, 2.05) is 37.3 Å². The van der Waals surface area contributed by atoms with Crippen molar-refractivity contribution in [3.63, 3.8) is 0 Å². The summed E-state index contributed by atoms with van der Waals surface area (Å²) in [6, 6.07) is 16.6. The zero-order valence-electron chi connectivity index (χ0n) is 11.6. The number of hydrogen-bond acceptors (Lipinski definition) is 3. The fourth-order valence-electron chi connectivity index (χ4n) is 2.54. The minimum Gasteiger partial charge on any atom is -0.494 e. The zero-order valence-corrected chi connectivity index (χ0v) is 11.6. The van der Waals surface area contributed by atoms with Crippen molar-refractivity contribution >= 4 is 5.69 Å². The van der Waals surface area contributed by atoms with Gasteiger partial charge in [0, 0.05) is 23.7 Å². The van der Waals surface area contributed by atoms with Crippen LogP contribution in [0, 0.1) is 0 Å². The van der Waals surface area contributed by atoms with Gasteiger partial charge >= 0.3 is 0 Å². The molecule has 0 amide bonds. The molecular formula is C17H19NO2. The van der Waals surface area contributed by atoms with Gasteiger partial charge in [0.15, 0.2) is 0 Å². The Morgan fingerprint density at radius 1 is 1.20 bits per heavy atom. The predicted molar refractivity (Wildman–Crippen MR) is 80.5 cm³/mol. The van der Waals surface area contributed by atoms with Crippen LogP contribution in [0.3, 0.4) is 0 Å². The van der Waals surface area contributed by atoms with Crippen molar-refractivity contribution in [2.75, 3.05) is 18.5 Å². The molecule has 20 heavy (non-hydrogen) atoms. The lowest BCUT2D eigenvalue weighted by atomic mass is 10.0. The molecular weight excluding hydrogens is 250 g/mol. The van der Waals surface area contributed by atoms with Crippen LogP contribution in [0.4, 0.5) is 5.69 Å². The third kappa shape index (κ3) is 2.72. The SMILES string of the molecule is CCOc1cccc(NC2CCOc3ccccc32)c1. The van der Waals surface area contributed by atoms with Gasteiger partial charge in [0.1, 0.15) is 11.5 Å². The van der Waals surface area contributed by atoms with Crippen molar-refractivity contribution in [3.05, 3.63) is 54.1 Å². The molecule has 1 atom stereocenters. The van der Waals surface area contributed by atoms with Crippen LogP contribution < -0.4 is 14.8 Å². The normalized spacial score (nSPS) is 16.9. The molecule has 3 nitrogen and oxygen atoms in total. The van der Waals surface area contributed by atoms with Crippen LogP contribution in [0.5, 0.6) is 11.5 Å². The molecule has 0 saturated carbocycles. The van der Waals surface area contributed by atoms with Gasteiger partial charge in [-0.3, -0.25) is 0 Å². The Labute approximate surface area is 119 Å². The highest BCUT2D eigenvalue weighted by Gasteiger charge is 2.20. The average molecular weight is 269 g/mol. The molecule has 3 rings (SSSR count). The van der Waals surface area contributed by atoms with Gasteiger partial charge < -0.3 is 14.8 Å². The maximum absolute atomic E-state index is 5.69. The van der Waals surface area contributed by atoms with Crippen LogP contribution in [-0.2, 0) is 0 Å². The first kappa shape index (κ1) is 12.9. The highest BCUT2D eigenvalue weighted by molar-refractivity contribution is 5.51. The second-order valence-corrected chi connectivity index (χ2v) is 4.83. The number of rotatable bonds is 4. The topological polar surface area (TPSA) is 30.5 Å². The van der Waals surface area contributed by atoms with Crippen LogP contribution in [0.2, 0.25) is 0 Å². The van der Waals surface area contributed by atoms with Gasteiger partial charge in [-0.05, 0) is 25.1 Å². The Morgan fingerprint density at radius 3 is 3.00 bits per heavy atom. The van der Waals surface area contributed by atoms with Crippen LogP contribution in [0.15, 0.2) is 48.5 Å². The van der Waals surface area contributed by atoms with E-state index in [0.717, 1.165) is 30.2 Å². The number of benzene rings is 2. The molecule has 1 unspecified atom stereocenters. The van der Waals surface area contributed by atoms with E-state index < -0.39 is 0 Å². The number of hydrogen-bond donors (Lipinski definition) is 1. The Bertz CT molecular complexity index is 583. The van der Waals surface area contributed by atoms with Crippen LogP contribution in [0.1, 0.15) is 24.9 Å². The summed E-state index contributed by atoms with van der Waals surface area (Å²) in [5.74, 6) is 1.88. The average Bonchev–Trinajstić information content (AvgIpc) is 2.48. The lowest BCUT2D eigenvalue weighted by molar-refractivity contribution is 0.274. The second kappa shape index (κ2) is 5.87. The van der Waals surface area contributed by atoms with Gasteiger partial charge in [-0.15, -0.1) is 0 Å². The standard InChI is InChI=1S/C17H19NO2/c1-2-19-14-7-5-6-13(12-14)18-16-10-11-20-17-9-4-3-8-15(16)17/h3-9,12,16,18H,2,10-11H2,1H3. The van der Waals surface area contributed by atoms with Crippen molar-refractivity contribution < 1.29 is 9.47 Å². The third-order valence-electron chi connectivity index (χ3n) is 3.44. The van der Waals surface area contributed by atoms with Crippen LogP contribution in [0.25, 0.3) is 0 Å². The van der Waals surface area contributed by atoms with E-state index in [4.69, 9.17) is 9.47 Å². The smallest absolute Gasteiger partial charge is 0.124 e. The molecule has 1 aliphatic rings. The van der Waals surface area contributed by atoms with Crippen molar-refractivity contribution in [2.45, 2.75) is 19.4 Å². The molecule has 1 heterocycles. The first-order chi connectivity index (χ1) is 9.86.